The number of rotatable bonds is 3. The maximum atomic E-state index is 9.32. The van der Waals surface area contributed by atoms with Crippen molar-refractivity contribution in [1.29, 1.82) is 0 Å². The Kier molecular flexibility index (Phi) is 3.51. The van der Waals surface area contributed by atoms with Crippen molar-refractivity contribution in [3.05, 3.63) is 65.7 Å². The Morgan fingerprint density at radius 2 is 1.62 bits per heavy atom. The van der Waals surface area contributed by atoms with Crippen LogP contribution in [-0.4, -0.2) is 24.9 Å². The third kappa shape index (κ3) is 2.75. The molecule has 0 unspecified atom stereocenters. The summed E-state index contributed by atoms with van der Waals surface area (Å²) in [6.07, 6.45) is 0. The van der Waals surface area contributed by atoms with Crippen LogP contribution in [0.4, 0.5) is 0 Å². The number of hydrogen-bond donors (Lipinski definition) is 1. The molecule has 0 saturated carbocycles. The average Bonchev–Trinajstić information content (AvgIpc) is 3.01. The van der Waals surface area contributed by atoms with E-state index in [1.807, 2.05) is 12.1 Å². The van der Waals surface area contributed by atoms with E-state index in [0.717, 1.165) is 5.56 Å². The molecule has 4 aromatic rings. The number of phenols is 1. The molecular formula is C17H11ClN4O2. The topological polar surface area (TPSA) is 72.5 Å². The van der Waals surface area contributed by atoms with Gasteiger partial charge in [0, 0.05) is 16.7 Å². The molecule has 0 amide bonds. The molecule has 0 fully saturated rings. The van der Waals surface area contributed by atoms with Crippen molar-refractivity contribution in [3.63, 3.8) is 0 Å². The molecule has 0 aliphatic rings. The molecule has 0 radical (unpaired) electrons. The van der Waals surface area contributed by atoms with E-state index in [9.17, 15) is 5.11 Å². The van der Waals surface area contributed by atoms with Gasteiger partial charge in [0.05, 0.1) is 0 Å². The molecule has 0 bridgehead atoms. The van der Waals surface area contributed by atoms with E-state index in [1.165, 1.54) is 0 Å². The Labute approximate surface area is 141 Å². The first-order chi connectivity index (χ1) is 11.7. The fraction of sp³-hybridized carbons (Fsp3) is 0. The number of ether oxygens (including phenoxy) is 1. The highest BCUT2D eigenvalue weighted by molar-refractivity contribution is 6.30. The Bertz CT molecular complexity index is 997. The maximum absolute atomic E-state index is 9.32. The summed E-state index contributed by atoms with van der Waals surface area (Å²) in [6.45, 7) is 0. The number of nitrogens with zero attached hydrogens (tertiary/aromatic N) is 4. The van der Waals surface area contributed by atoms with Crippen LogP contribution in [0.5, 0.6) is 17.4 Å². The second kappa shape index (κ2) is 5.82. The second-order valence-electron chi connectivity index (χ2n) is 5.07. The predicted octanol–water partition coefficient (Wildman–Crippen LogP) is 3.94. The molecule has 0 aliphatic heterocycles. The van der Waals surface area contributed by atoms with Crippen LogP contribution in [0.3, 0.4) is 0 Å². The summed E-state index contributed by atoms with van der Waals surface area (Å²) in [7, 11) is 0. The van der Waals surface area contributed by atoms with Gasteiger partial charge in [0.1, 0.15) is 11.5 Å². The highest BCUT2D eigenvalue weighted by Crippen LogP contribution is 2.24. The van der Waals surface area contributed by atoms with Crippen LogP contribution in [0.1, 0.15) is 0 Å². The van der Waals surface area contributed by atoms with Gasteiger partial charge in [-0.1, -0.05) is 11.6 Å². The maximum Gasteiger partial charge on any atom is 0.237 e. The molecule has 2 heterocycles. The third-order valence-corrected chi connectivity index (χ3v) is 3.65. The SMILES string of the molecule is Oc1ccc(Oc2ccc3nnc(-c4ccc(Cl)cc4)n3n2)cc1. The van der Waals surface area contributed by atoms with Gasteiger partial charge in [0.15, 0.2) is 11.5 Å². The van der Waals surface area contributed by atoms with E-state index in [1.54, 1.807) is 53.0 Å². The molecule has 2 aromatic carbocycles. The van der Waals surface area contributed by atoms with Gasteiger partial charge in [-0.3, -0.25) is 0 Å². The molecule has 0 saturated heterocycles. The van der Waals surface area contributed by atoms with Crippen molar-refractivity contribution in [3.8, 4) is 28.8 Å². The molecule has 0 atom stereocenters. The van der Waals surface area contributed by atoms with E-state index in [2.05, 4.69) is 15.3 Å². The monoisotopic (exact) mass is 338 g/mol. The lowest BCUT2D eigenvalue weighted by Crippen LogP contribution is -1.97. The summed E-state index contributed by atoms with van der Waals surface area (Å²) in [5, 5.41) is 22.7. The van der Waals surface area contributed by atoms with Crippen molar-refractivity contribution >= 4 is 17.2 Å². The fourth-order valence-corrected chi connectivity index (χ4v) is 2.37. The Hall–Kier alpha value is -3.12. The van der Waals surface area contributed by atoms with Gasteiger partial charge in [-0.15, -0.1) is 15.3 Å². The zero-order valence-corrected chi connectivity index (χ0v) is 13.1. The number of fused-ring (bicyclic) bond motifs is 1. The smallest absolute Gasteiger partial charge is 0.237 e. The molecule has 0 spiro atoms. The normalized spacial score (nSPS) is 10.9. The summed E-state index contributed by atoms with van der Waals surface area (Å²) in [5.41, 5.74) is 1.46. The lowest BCUT2D eigenvalue weighted by atomic mass is 10.2. The highest BCUT2D eigenvalue weighted by Gasteiger charge is 2.11. The quantitative estimate of drug-likeness (QED) is 0.612. The summed E-state index contributed by atoms with van der Waals surface area (Å²) in [4.78, 5) is 0. The summed E-state index contributed by atoms with van der Waals surface area (Å²) < 4.78 is 7.31. The molecule has 7 heteroatoms. The van der Waals surface area contributed by atoms with Gasteiger partial charge in [0.25, 0.3) is 0 Å². The minimum Gasteiger partial charge on any atom is -0.508 e. The number of aromatic nitrogens is 4. The van der Waals surface area contributed by atoms with E-state index < -0.39 is 0 Å². The molecule has 24 heavy (non-hydrogen) atoms. The van der Waals surface area contributed by atoms with Crippen LogP contribution in [0.25, 0.3) is 17.0 Å². The number of halogens is 1. The van der Waals surface area contributed by atoms with Crippen LogP contribution < -0.4 is 4.74 Å². The van der Waals surface area contributed by atoms with Gasteiger partial charge in [-0.2, -0.15) is 4.52 Å². The van der Waals surface area contributed by atoms with Gasteiger partial charge in [0.2, 0.25) is 5.88 Å². The molecule has 4 rings (SSSR count). The minimum absolute atomic E-state index is 0.176. The first-order valence-electron chi connectivity index (χ1n) is 7.14. The first-order valence-corrected chi connectivity index (χ1v) is 7.52. The van der Waals surface area contributed by atoms with E-state index in [-0.39, 0.29) is 5.75 Å². The van der Waals surface area contributed by atoms with Crippen LogP contribution >= 0.6 is 11.6 Å². The molecule has 2 aromatic heterocycles. The molecule has 118 valence electrons. The third-order valence-electron chi connectivity index (χ3n) is 3.40. The second-order valence-corrected chi connectivity index (χ2v) is 5.50. The highest BCUT2D eigenvalue weighted by atomic mass is 35.5. The lowest BCUT2D eigenvalue weighted by molar-refractivity contribution is 0.446. The zero-order chi connectivity index (χ0) is 16.5. The Morgan fingerprint density at radius 1 is 0.875 bits per heavy atom. The van der Waals surface area contributed by atoms with Gasteiger partial charge in [-0.05, 0) is 54.6 Å². The van der Waals surface area contributed by atoms with Crippen molar-refractivity contribution < 1.29 is 9.84 Å². The van der Waals surface area contributed by atoms with Gasteiger partial charge >= 0.3 is 0 Å². The summed E-state index contributed by atoms with van der Waals surface area (Å²) in [5.74, 6) is 1.73. The van der Waals surface area contributed by atoms with Crippen LogP contribution in [0, 0.1) is 0 Å². The van der Waals surface area contributed by atoms with Crippen LogP contribution in [0.15, 0.2) is 60.7 Å². The Balaban J connectivity index is 1.72. The molecule has 0 aliphatic carbocycles. The first kappa shape index (κ1) is 14.5. The zero-order valence-electron chi connectivity index (χ0n) is 12.3. The molecule has 1 N–H and O–H groups in total. The van der Waals surface area contributed by atoms with Crippen LogP contribution in [0.2, 0.25) is 5.02 Å². The largest absolute Gasteiger partial charge is 0.508 e. The van der Waals surface area contributed by atoms with E-state index in [0.29, 0.717) is 28.1 Å². The summed E-state index contributed by atoms with van der Waals surface area (Å²) >= 11 is 5.92. The standard InChI is InChI=1S/C17H11ClN4O2/c18-12-3-1-11(2-4-12)17-20-19-15-9-10-16(21-22(15)17)24-14-7-5-13(23)6-8-14/h1-10,23H. The predicted molar refractivity (Wildman–Crippen MR) is 89.4 cm³/mol. The number of benzene rings is 2. The van der Waals surface area contributed by atoms with Crippen molar-refractivity contribution in [2.24, 2.45) is 0 Å². The average molecular weight is 339 g/mol. The van der Waals surface area contributed by atoms with Gasteiger partial charge in [-0.25, -0.2) is 0 Å². The lowest BCUT2D eigenvalue weighted by Gasteiger charge is -2.05. The van der Waals surface area contributed by atoms with Crippen molar-refractivity contribution in [1.82, 2.24) is 19.8 Å². The summed E-state index contributed by atoms with van der Waals surface area (Å²) in [6, 6.07) is 17.2. The number of aromatic hydroxyl groups is 1. The van der Waals surface area contributed by atoms with E-state index in [4.69, 9.17) is 16.3 Å². The minimum atomic E-state index is 0.176. The van der Waals surface area contributed by atoms with Crippen molar-refractivity contribution in [2.45, 2.75) is 0 Å². The van der Waals surface area contributed by atoms with Crippen molar-refractivity contribution in [2.75, 3.05) is 0 Å². The van der Waals surface area contributed by atoms with Gasteiger partial charge < -0.3 is 9.84 Å². The van der Waals surface area contributed by atoms with Crippen LogP contribution in [-0.2, 0) is 0 Å². The Morgan fingerprint density at radius 3 is 2.38 bits per heavy atom. The number of phenolic OH excluding ortho intramolecular Hbond substituents is 1. The number of hydrogen-bond acceptors (Lipinski definition) is 5. The van der Waals surface area contributed by atoms with E-state index >= 15 is 0 Å². The molecule has 6 nitrogen and oxygen atoms in total. The fourth-order valence-electron chi connectivity index (χ4n) is 2.24. The molecular weight excluding hydrogens is 328 g/mol.